The lowest BCUT2D eigenvalue weighted by Crippen LogP contribution is -2.21. The van der Waals surface area contributed by atoms with Gasteiger partial charge in [-0.05, 0) is 12.1 Å². The molecule has 4 nitrogen and oxygen atoms in total. The van der Waals surface area contributed by atoms with Gasteiger partial charge in [-0.1, -0.05) is 13.8 Å². The first kappa shape index (κ1) is 14.8. The van der Waals surface area contributed by atoms with E-state index in [1.54, 1.807) is 25.6 Å². The standard InChI is InChI=1S/C15H20N2O2S/c1-10(2)16-8-15-17-13(9-20-15)12-6-5-11(18-3)7-14(12)19-4/h5-7,9-10,16H,8H2,1-4H3. The topological polar surface area (TPSA) is 43.4 Å². The van der Waals surface area contributed by atoms with Gasteiger partial charge in [0.2, 0.25) is 0 Å². The van der Waals surface area contributed by atoms with Crippen molar-refractivity contribution in [3.63, 3.8) is 0 Å². The minimum absolute atomic E-state index is 0.456. The molecule has 0 amide bonds. The first-order valence-corrected chi connectivity index (χ1v) is 7.42. The number of benzene rings is 1. The lowest BCUT2D eigenvalue weighted by molar-refractivity contribution is 0.395. The molecule has 2 rings (SSSR count). The van der Waals surface area contributed by atoms with Crippen LogP contribution in [0.15, 0.2) is 23.6 Å². The molecule has 0 aliphatic carbocycles. The molecule has 0 aliphatic rings. The molecule has 2 aromatic rings. The maximum Gasteiger partial charge on any atom is 0.131 e. The van der Waals surface area contributed by atoms with Crippen molar-refractivity contribution in [3.05, 3.63) is 28.6 Å². The van der Waals surface area contributed by atoms with Gasteiger partial charge in [0.05, 0.1) is 19.9 Å². The highest BCUT2D eigenvalue weighted by atomic mass is 32.1. The van der Waals surface area contributed by atoms with E-state index in [1.165, 1.54) is 0 Å². The van der Waals surface area contributed by atoms with E-state index in [1.807, 2.05) is 18.2 Å². The van der Waals surface area contributed by atoms with E-state index in [0.717, 1.165) is 34.3 Å². The van der Waals surface area contributed by atoms with Gasteiger partial charge in [-0.15, -0.1) is 11.3 Å². The molecule has 1 N–H and O–H groups in total. The van der Waals surface area contributed by atoms with Crippen molar-refractivity contribution in [2.24, 2.45) is 0 Å². The van der Waals surface area contributed by atoms with Gasteiger partial charge in [-0.25, -0.2) is 4.98 Å². The Hall–Kier alpha value is -1.59. The summed E-state index contributed by atoms with van der Waals surface area (Å²) in [5, 5.41) is 6.50. The summed E-state index contributed by atoms with van der Waals surface area (Å²) in [5.74, 6) is 1.56. The first-order chi connectivity index (χ1) is 9.63. The quantitative estimate of drug-likeness (QED) is 0.887. The van der Waals surface area contributed by atoms with Crippen LogP contribution >= 0.6 is 11.3 Å². The Labute approximate surface area is 123 Å². The summed E-state index contributed by atoms with van der Waals surface area (Å²) < 4.78 is 10.6. The van der Waals surface area contributed by atoms with Crippen LogP contribution < -0.4 is 14.8 Å². The van der Waals surface area contributed by atoms with E-state index in [2.05, 4.69) is 29.5 Å². The summed E-state index contributed by atoms with van der Waals surface area (Å²) in [6, 6.07) is 6.23. The van der Waals surface area contributed by atoms with E-state index in [4.69, 9.17) is 9.47 Å². The van der Waals surface area contributed by atoms with Crippen molar-refractivity contribution >= 4 is 11.3 Å². The van der Waals surface area contributed by atoms with Gasteiger partial charge < -0.3 is 14.8 Å². The predicted octanol–water partition coefficient (Wildman–Crippen LogP) is 3.33. The number of nitrogens with zero attached hydrogens (tertiary/aromatic N) is 1. The van der Waals surface area contributed by atoms with Crippen LogP contribution in [0.25, 0.3) is 11.3 Å². The van der Waals surface area contributed by atoms with Gasteiger partial charge in [-0.3, -0.25) is 0 Å². The highest BCUT2D eigenvalue weighted by molar-refractivity contribution is 7.09. The van der Waals surface area contributed by atoms with Crippen molar-refractivity contribution < 1.29 is 9.47 Å². The summed E-state index contributed by atoms with van der Waals surface area (Å²) in [6.07, 6.45) is 0. The second-order valence-corrected chi connectivity index (χ2v) is 5.67. The first-order valence-electron chi connectivity index (χ1n) is 6.54. The normalized spacial score (nSPS) is 10.8. The zero-order valence-electron chi connectivity index (χ0n) is 12.3. The van der Waals surface area contributed by atoms with Crippen LogP contribution in [-0.4, -0.2) is 25.2 Å². The Bertz CT molecular complexity index is 567. The summed E-state index contributed by atoms with van der Waals surface area (Å²) >= 11 is 1.66. The van der Waals surface area contributed by atoms with Crippen molar-refractivity contribution in [2.75, 3.05) is 14.2 Å². The average Bonchev–Trinajstić information content (AvgIpc) is 2.93. The van der Waals surface area contributed by atoms with Crippen LogP contribution in [0, 0.1) is 0 Å². The molecule has 0 saturated carbocycles. The maximum absolute atomic E-state index is 5.42. The van der Waals surface area contributed by atoms with E-state index >= 15 is 0 Å². The average molecular weight is 292 g/mol. The summed E-state index contributed by atoms with van der Waals surface area (Å²) in [7, 11) is 3.30. The second-order valence-electron chi connectivity index (χ2n) is 4.73. The molecule has 1 aromatic carbocycles. The van der Waals surface area contributed by atoms with Crippen LogP contribution in [0.4, 0.5) is 0 Å². The molecule has 1 heterocycles. The number of hydrogen-bond donors (Lipinski definition) is 1. The third-order valence-corrected chi connectivity index (χ3v) is 3.75. The minimum atomic E-state index is 0.456. The monoisotopic (exact) mass is 292 g/mol. The lowest BCUT2D eigenvalue weighted by Gasteiger charge is -2.08. The second kappa shape index (κ2) is 6.72. The van der Waals surface area contributed by atoms with Crippen LogP contribution in [0.5, 0.6) is 11.5 Å². The fourth-order valence-corrected chi connectivity index (χ4v) is 2.56. The van der Waals surface area contributed by atoms with Gasteiger partial charge in [0, 0.05) is 29.6 Å². The molecule has 20 heavy (non-hydrogen) atoms. The molecule has 0 spiro atoms. The Morgan fingerprint density at radius 2 is 2.05 bits per heavy atom. The molecule has 5 heteroatoms. The van der Waals surface area contributed by atoms with Crippen molar-refractivity contribution in [1.29, 1.82) is 0 Å². The van der Waals surface area contributed by atoms with Crippen LogP contribution in [0.1, 0.15) is 18.9 Å². The van der Waals surface area contributed by atoms with Gasteiger partial charge in [-0.2, -0.15) is 0 Å². The minimum Gasteiger partial charge on any atom is -0.497 e. The molecule has 0 radical (unpaired) electrons. The maximum atomic E-state index is 5.42. The predicted molar refractivity (Wildman–Crippen MR) is 82.6 cm³/mol. The fourth-order valence-electron chi connectivity index (χ4n) is 1.82. The largest absolute Gasteiger partial charge is 0.497 e. The lowest BCUT2D eigenvalue weighted by atomic mass is 10.1. The molecule has 0 unspecified atom stereocenters. The molecule has 0 atom stereocenters. The molecule has 108 valence electrons. The zero-order valence-corrected chi connectivity index (χ0v) is 13.1. The Balaban J connectivity index is 2.23. The van der Waals surface area contributed by atoms with E-state index in [-0.39, 0.29) is 0 Å². The van der Waals surface area contributed by atoms with Gasteiger partial charge in [0.25, 0.3) is 0 Å². The number of aromatic nitrogens is 1. The fraction of sp³-hybridized carbons (Fsp3) is 0.400. The highest BCUT2D eigenvalue weighted by Crippen LogP contribution is 2.33. The van der Waals surface area contributed by atoms with E-state index in [9.17, 15) is 0 Å². The Kier molecular flexibility index (Phi) is 4.98. The number of thiazole rings is 1. The smallest absolute Gasteiger partial charge is 0.131 e. The molecular weight excluding hydrogens is 272 g/mol. The van der Waals surface area contributed by atoms with Crippen LogP contribution in [0.2, 0.25) is 0 Å². The number of hydrogen-bond acceptors (Lipinski definition) is 5. The SMILES string of the molecule is COc1ccc(-c2csc(CNC(C)C)n2)c(OC)c1. The van der Waals surface area contributed by atoms with Gasteiger partial charge >= 0.3 is 0 Å². The Morgan fingerprint density at radius 1 is 1.25 bits per heavy atom. The molecule has 0 fully saturated rings. The number of ether oxygens (including phenoxy) is 2. The van der Waals surface area contributed by atoms with Crippen LogP contribution in [0.3, 0.4) is 0 Å². The number of methoxy groups -OCH3 is 2. The van der Waals surface area contributed by atoms with Crippen molar-refractivity contribution in [2.45, 2.75) is 26.4 Å². The molecule has 0 bridgehead atoms. The summed E-state index contributed by atoms with van der Waals surface area (Å²) in [6.45, 7) is 5.04. The van der Waals surface area contributed by atoms with E-state index < -0.39 is 0 Å². The summed E-state index contributed by atoms with van der Waals surface area (Å²) in [4.78, 5) is 4.65. The molecule has 0 aliphatic heterocycles. The molecule has 1 aromatic heterocycles. The van der Waals surface area contributed by atoms with Crippen molar-refractivity contribution in [3.8, 4) is 22.8 Å². The van der Waals surface area contributed by atoms with Crippen molar-refractivity contribution in [1.82, 2.24) is 10.3 Å². The Morgan fingerprint density at radius 3 is 2.70 bits per heavy atom. The third kappa shape index (κ3) is 3.49. The summed E-state index contributed by atoms with van der Waals surface area (Å²) in [5.41, 5.74) is 1.93. The molecular formula is C15H20N2O2S. The van der Waals surface area contributed by atoms with Crippen LogP contribution in [-0.2, 0) is 6.54 Å². The zero-order chi connectivity index (χ0) is 14.5. The van der Waals surface area contributed by atoms with Gasteiger partial charge in [0.1, 0.15) is 16.5 Å². The molecule has 0 saturated heterocycles. The highest BCUT2D eigenvalue weighted by Gasteiger charge is 2.11. The number of rotatable bonds is 6. The third-order valence-electron chi connectivity index (χ3n) is 2.90. The van der Waals surface area contributed by atoms with Gasteiger partial charge in [0.15, 0.2) is 0 Å². The number of nitrogens with one attached hydrogen (secondary N) is 1. The van der Waals surface area contributed by atoms with E-state index in [0.29, 0.717) is 6.04 Å².